The molecule has 0 spiro atoms. The SMILES string of the molecule is CN1CCC[C@H]1CN(C(=O)O)c1cc(F)ccc1-c1ccccc1. The maximum atomic E-state index is 13.8. The van der Waals surface area contributed by atoms with Gasteiger partial charge in [0, 0.05) is 18.2 Å². The Hall–Kier alpha value is -2.40. The molecule has 1 N–H and O–H groups in total. The fourth-order valence-electron chi connectivity index (χ4n) is 3.29. The molecule has 1 amide bonds. The second-order valence-electron chi connectivity index (χ2n) is 6.20. The molecular weight excluding hydrogens is 307 g/mol. The summed E-state index contributed by atoms with van der Waals surface area (Å²) in [7, 11) is 2.00. The standard InChI is InChI=1S/C19H21FN2O2/c1-21-11-5-8-16(21)13-22(19(23)24)18-12-15(20)9-10-17(18)14-6-3-2-4-7-14/h2-4,6-7,9-10,12,16H,5,8,11,13H2,1H3,(H,23,24)/t16-/m0/s1. The molecular formula is C19H21FN2O2. The van der Waals surface area contributed by atoms with Gasteiger partial charge in [-0.05, 0) is 50.2 Å². The Morgan fingerprint density at radius 2 is 2.04 bits per heavy atom. The largest absolute Gasteiger partial charge is 0.465 e. The fraction of sp³-hybridized carbons (Fsp3) is 0.316. The number of hydrogen-bond acceptors (Lipinski definition) is 2. The molecule has 0 bridgehead atoms. The maximum Gasteiger partial charge on any atom is 0.411 e. The number of benzene rings is 2. The molecule has 1 atom stereocenters. The van der Waals surface area contributed by atoms with E-state index in [9.17, 15) is 14.3 Å². The minimum atomic E-state index is -1.06. The summed E-state index contributed by atoms with van der Waals surface area (Å²) in [4.78, 5) is 15.3. The summed E-state index contributed by atoms with van der Waals surface area (Å²) >= 11 is 0. The lowest BCUT2D eigenvalue weighted by atomic mass is 10.0. The molecule has 2 aromatic rings. The molecule has 5 heteroatoms. The molecule has 3 rings (SSSR count). The van der Waals surface area contributed by atoms with E-state index in [4.69, 9.17) is 0 Å². The molecule has 2 aromatic carbocycles. The maximum absolute atomic E-state index is 13.8. The van der Waals surface area contributed by atoms with Gasteiger partial charge in [0.15, 0.2) is 0 Å². The van der Waals surface area contributed by atoms with Gasteiger partial charge in [0.05, 0.1) is 5.69 Å². The van der Waals surface area contributed by atoms with E-state index in [0.29, 0.717) is 12.2 Å². The number of carboxylic acid groups (broad SMARTS) is 1. The van der Waals surface area contributed by atoms with Gasteiger partial charge in [0.25, 0.3) is 0 Å². The summed E-state index contributed by atoms with van der Waals surface area (Å²) in [6.07, 6.45) is 0.956. The summed E-state index contributed by atoms with van der Waals surface area (Å²) in [5.41, 5.74) is 1.99. The number of halogens is 1. The molecule has 0 aromatic heterocycles. The van der Waals surface area contributed by atoms with Crippen molar-refractivity contribution < 1.29 is 14.3 Å². The Bertz CT molecular complexity index is 721. The van der Waals surface area contributed by atoms with Crippen molar-refractivity contribution >= 4 is 11.8 Å². The molecule has 1 aliphatic rings. The van der Waals surface area contributed by atoms with Crippen LogP contribution < -0.4 is 4.90 Å². The highest BCUT2D eigenvalue weighted by atomic mass is 19.1. The number of rotatable bonds is 4. The average molecular weight is 328 g/mol. The molecule has 0 unspecified atom stereocenters. The van der Waals surface area contributed by atoms with Crippen molar-refractivity contribution in [2.75, 3.05) is 25.0 Å². The van der Waals surface area contributed by atoms with Crippen LogP contribution in [0.5, 0.6) is 0 Å². The van der Waals surface area contributed by atoms with Gasteiger partial charge in [-0.2, -0.15) is 0 Å². The topological polar surface area (TPSA) is 43.8 Å². The van der Waals surface area contributed by atoms with Crippen LogP contribution in [0.15, 0.2) is 48.5 Å². The summed E-state index contributed by atoms with van der Waals surface area (Å²) in [6, 6.07) is 14.0. The van der Waals surface area contributed by atoms with Gasteiger partial charge in [0.2, 0.25) is 0 Å². The molecule has 126 valence electrons. The Morgan fingerprint density at radius 3 is 2.67 bits per heavy atom. The number of likely N-dealkylation sites (N-methyl/N-ethyl adjacent to an activating group) is 1. The number of likely N-dealkylation sites (tertiary alicyclic amines) is 1. The van der Waals surface area contributed by atoms with Crippen molar-refractivity contribution in [3.05, 3.63) is 54.3 Å². The average Bonchev–Trinajstić information content (AvgIpc) is 2.98. The first-order valence-corrected chi connectivity index (χ1v) is 8.12. The summed E-state index contributed by atoms with van der Waals surface area (Å²) in [5, 5.41) is 9.72. The van der Waals surface area contributed by atoms with Crippen LogP contribution in [0.1, 0.15) is 12.8 Å². The second-order valence-corrected chi connectivity index (χ2v) is 6.20. The highest BCUT2D eigenvalue weighted by Crippen LogP contribution is 2.32. The highest BCUT2D eigenvalue weighted by Gasteiger charge is 2.28. The Labute approximate surface area is 141 Å². The van der Waals surface area contributed by atoms with Crippen molar-refractivity contribution in [1.82, 2.24) is 4.90 Å². The molecule has 1 heterocycles. The van der Waals surface area contributed by atoms with Crippen LogP contribution in [-0.4, -0.2) is 42.3 Å². The lowest BCUT2D eigenvalue weighted by Crippen LogP contribution is -2.41. The first-order valence-electron chi connectivity index (χ1n) is 8.12. The second kappa shape index (κ2) is 7.01. The van der Waals surface area contributed by atoms with E-state index in [-0.39, 0.29) is 6.04 Å². The van der Waals surface area contributed by atoms with Gasteiger partial charge in [-0.3, -0.25) is 4.90 Å². The first kappa shape index (κ1) is 16.5. The number of amides is 1. The van der Waals surface area contributed by atoms with Crippen LogP contribution in [-0.2, 0) is 0 Å². The van der Waals surface area contributed by atoms with Crippen molar-refractivity contribution in [1.29, 1.82) is 0 Å². The van der Waals surface area contributed by atoms with E-state index >= 15 is 0 Å². The molecule has 1 aliphatic heterocycles. The minimum Gasteiger partial charge on any atom is -0.465 e. The van der Waals surface area contributed by atoms with E-state index in [1.54, 1.807) is 6.07 Å². The third kappa shape index (κ3) is 3.41. The Kier molecular flexibility index (Phi) is 4.81. The quantitative estimate of drug-likeness (QED) is 0.920. The van der Waals surface area contributed by atoms with Gasteiger partial charge in [-0.1, -0.05) is 30.3 Å². The monoisotopic (exact) mass is 328 g/mol. The minimum absolute atomic E-state index is 0.160. The third-order valence-electron chi connectivity index (χ3n) is 4.63. The molecule has 0 aliphatic carbocycles. The lowest BCUT2D eigenvalue weighted by molar-refractivity contribution is 0.198. The zero-order valence-corrected chi connectivity index (χ0v) is 13.7. The van der Waals surface area contributed by atoms with E-state index < -0.39 is 11.9 Å². The number of anilines is 1. The normalized spacial score (nSPS) is 17.8. The number of carbonyl (C=O) groups is 1. The Morgan fingerprint density at radius 1 is 1.29 bits per heavy atom. The van der Waals surface area contributed by atoms with Crippen LogP contribution in [0.25, 0.3) is 11.1 Å². The van der Waals surface area contributed by atoms with Crippen LogP contribution in [0.4, 0.5) is 14.9 Å². The summed E-state index contributed by atoms with van der Waals surface area (Å²) in [6.45, 7) is 1.31. The zero-order valence-electron chi connectivity index (χ0n) is 13.7. The van der Waals surface area contributed by atoms with Crippen LogP contribution in [0.3, 0.4) is 0 Å². The summed E-state index contributed by atoms with van der Waals surface area (Å²) < 4.78 is 13.8. The molecule has 1 fully saturated rings. The van der Waals surface area contributed by atoms with Gasteiger partial charge in [-0.15, -0.1) is 0 Å². The highest BCUT2D eigenvalue weighted by molar-refractivity contribution is 5.93. The van der Waals surface area contributed by atoms with Gasteiger partial charge >= 0.3 is 6.09 Å². The third-order valence-corrected chi connectivity index (χ3v) is 4.63. The van der Waals surface area contributed by atoms with Gasteiger partial charge in [-0.25, -0.2) is 9.18 Å². The molecule has 0 saturated carbocycles. The van der Waals surface area contributed by atoms with Crippen molar-refractivity contribution in [3.8, 4) is 11.1 Å². The fourth-order valence-corrected chi connectivity index (χ4v) is 3.29. The molecule has 1 saturated heterocycles. The zero-order chi connectivity index (χ0) is 17.1. The van der Waals surface area contributed by atoms with Crippen LogP contribution in [0, 0.1) is 5.82 Å². The molecule has 0 radical (unpaired) electrons. The molecule has 24 heavy (non-hydrogen) atoms. The van der Waals surface area contributed by atoms with E-state index in [1.165, 1.54) is 17.0 Å². The van der Waals surface area contributed by atoms with Crippen molar-refractivity contribution in [2.45, 2.75) is 18.9 Å². The van der Waals surface area contributed by atoms with Gasteiger partial charge in [0.1, 0.15) is 5.82 Å². The van der Waals surface area contributed by atoms with Crippen molar-refractivity contribution in [2.24, 2.45) is 0 Å². The number of nitrogens with zero attached hydrogens (tertiary/aromatic N) is 2. The predicted molar refractivity (Wildman–Crippen MR) is 92.9 cm³/mol. The van der Waals surface area contributed by atoms with Gasteiger partial charge < -0.3 is 10.0 Å². The lowest BCUT2D eigenvalue weighted by Gasteiger charge is -2.28. The first-order chi connectivity index (χ1) is 11.6. The summed E-state index contributed by atoms with van der Waals surface area (Å²) in [5.74, 6) is -0.435. The van der Waals surface area contributed by atoms with Crippen LogP contribution >= 0.6 is 0 Å². The smallest absolute Gasteiger partial charge is 0.411 e. The predicted octanol–water partition coefficient (Wildman–Crippen LogP) is 4.07. The van der Waals surface area contributed by atoms with Crippen LogP contribution in [0.2, 0.25) is 0 Å². The van der Waals surface area contributed by atoms with E-state index in [1.807, 2.05) is 37.4 Å². The van der Waals surface area contributed by atoms with Crippen molar-refractivity contribution in [3.63, 3.8) is 0 Å². The van der Waals surface area contributed by atoms with E-state index in [2.05, 4.69) is 4.90 Å². The molecule has 4 nitrogen and oxygen atoms in total. The number of hydrogen-bond donors (Lipinski definition) is 1. The van der Waals surface area contributed by atoms with E-state index in [0.717, 1.165) is 30.5 Å². The Balaban J connectivity index is 2.01.